The van der Waals surface area contributed by atoms with Crippen molar-refractivity contribution < 1.29 is 0 Å². The van der Waals surface area contributed by atoms with E-state index in [9.17, 15) is 0 Å². The van der Waals surface area contributed by atoms with Gasteiger partial charge in [-0.05, 0) is 60.2 Å². The molecule has 0 unspecified atom stereocenters. The predicted octanol–water partition coefficient (Wildman–Crippen LogP) is 6.21. The van der Waals surface area contributed by atoms with Gasteiger partial charge in [0, 0.05) is 0 Å². The SMILES string of the molecule is C=C1C(C2CCCCC2)=CC(C)C=C1C1CCCCC1. The van der Waals surface area contributed by atoms with Crippen molar-refractivity contribution in [3.63, 3.8) is 0 Å². The largest absolute Gasteiger partial charge is 0.0912 e. The Morgan fingerprint density at radius 1 is 0.750 bits per heavy atom. The first-order chi connectivity index (χ1) is 9.75. The van der Waals surface area contributed by atoms with E-state index in [1.807, 2.05) is 0 Å². The van der Waals surface area contributed by atoms with Crippen LogP contribution in [0.1, 0.15) is 71.1 Å². The second-order valence-corrected chi connectivity index (χ2v) is 7.25. The van der Waals surface area contributed by atoms with Crippen molar-refractivity contribution in [2.75, 3.05) is 0 Å². The van der Waals surface area contributed by atoms with E-state index in [0.717, 1.165) is 11.8 Å². The summed E-state index contributed by atoms with van der Waals surface area (Å²) in [7, 11) is 0. The molecule has 2 saturated carbocycles. The summed E-state index contributed by atoms with van der Waals surface area (Å²) in [6.45, 7) is 6.88. The molecule has 0 heteroatoms. The van der Waals surface area contributed by atoms with Crippen LogP contribution in [0.5, 0.6) is 0 Å². The molecule has 0 saturated heterocycles. The van der Waals surface area contributed by atoms with E-state index in [1.54, 1.807) is 11.1 Å². The second-order valence-electron chi connectivity index (χ2n) is 7.25. The summed E-state index contributed by atoms with van der Waals surface area (Å²) in [5, 5.41) is 0. The highest BCUT2D eigenvalue weighted by molar-refractivity contribution is 5.51. The fourth-order valence-corrected chi connectivity index (χ4v) is 4.57. The fourth-order valence-electron chi connectivity index (χ4n) is 4.57. The Bertz CT molecular complexity index is 373. The number of hydrogen-bond acceptors (Lipinski definition) is 0. The molecule has 20 heavy (non-hydrogen) atoms. The summed E-state index contributed by atoms with van der Waals surface area (Å²) in [5.74, 6) is 2.24. The average Bonchev–Trinajstić information content (AvgIpc) is 2.51. The first-order valence-electron chi connectivity index (χ1n) is 8.89. The minimum absolute atomic E-state index is 0.620. The topological polar surface area (TPSA) is 0 Å². The second kappa shape index (κ2) is 6.33. The highest BCUT2D eigenvalue weighted by Gasteiger charge is 2.28. The van der Waals surface area contributed by atoms with Crippen LogP contribution in [-0.2, 0) is 0 Å². The molecule has 0 aromatic heterocycles. The Balaban J connectivity index is 1.77. The summed E-state index contributed by atoms with van der Waals surface area (Å²) in [4.78, 5) is 0. The highest BCUT2D eigenvalue weighted by Crippen LogP contribution is 2.43. The maximum absolute atomic E-state index is 4.53. The first kappa shape index (κ1) is 14.2. The van der Waals surface area contributed by atoms with Gasteiger partial charge in [0.25, 0.3) is 0 Å². The van der Waals surface area contributed by atoms with E-state index >= 15 is 0 Å². The van der Waals surface area contributed by atoms with Crippen molar-refractivity contribution in [3.8, 4) is 0 Å². The van der Waals surface area contributed by atoms with E-state index < -0.39 is 0 Å². The molecule has 0 bridgehead atoms. The first-order valence-corrected chi connectivity index (χ1v) is 8.89. The van der Waals surface area contributed by atoms with E-state index in [0.29, 0.717) is 5.92 Å². The maximum Gasteiger partial charge on any atom is -0.00696 e. The Labute approximate surface area is 125 Å². The molecule has 110 valence electrons. The smallest absolute Gasteiger partial charge is 0.00696 e. The third-order valence-corrected chi connectivity index (χ3v) is 5.67. The lowest BCUT2D eigenvalue weighted by Crippen LogP contribution is -2.19. The van der Waals surface area contributed by atoms with Crippen molar-refractivity contribution in [1.29, 1.82) is 0 Å². The van der Waals surface area contributed by atoms with E-state index in [1.165, 1.54) is 69.8 Å². The van der Waals surface area contributed by atoms with Gasteiger partial charge >= 0.3 is 0 Å². The lowest BCUT2D eigenvalue weighted by Gasteiger charge is -2.34. The van der Waals surface area contributed by atoms with Crippen molar-refractivity contribution in [2.45, 2.75) is 71.1 Å². The van der Waals surface area contributed by atoms with Crippen molar-refractivity contribution in [1.82, 2.24) is 0 Å². The molecule has 0 amide bonds. The zero-order valence-electron chi connectivity index (χ0n) is 13.2. The number of allylic oxidation sites excluding steroid dienone is 5. The summed E-state index contributed by atoms with van der Waals surface area (Å²) >= 11 is 0. The zero-order chi connectivity index (χ0) is 13.9. The standard InChI is InChI=1S/C20H30/c1-15-13-19(17-9-5-3-6-10-17)16(2)20(14-15)18-11-7-4-8-12-18/h13-15,17-18H,2-12H2,1H3. The Morgan fingerprint density at radius 3 is 1.55 bits per heavy atom. The van der Waals surface area contributed by atoms with E-state index in [4.69, 9.17) is 0 Å². The minimum atomic E-state index is 0.620. The van der Waals surface area contributed by atoms with Gasteiger partial charge in [-0.1, -0.05) is 64.2 Å². The van der Waals surface area contributed by atoms with Crippen LogP contribution >= 0.6 is 0 Å². The molecule has 0 heterocycles. The van der Waals surface area contributed by atoms with E-state index in [-0.39, 0.29) is 0 Å². The molecule has 3 aliphatic rings. The normalized spacial score (nSPS) is 27.4. The van der Waals surface area contributed by atoms with Crippen LogP contribution in [0.3, 0.4) is 0 Å². The van der Waals surface area contributed by atoms with Gasteiger partial charge in [0.15, 0.2) is 0 Å². The van der Waals surface area contributed by atoms with Gasteiger partial charge in [0.05, 0.1) is 0 Å². The summed E-state index contributed by atoms with van der Waals surface area (Å²) in [6, 6.07) is 0. The van der Waals surface area contributed by atoms with Gasteiger partial charge < -0.3 is 0 Å². The molecule has 0 atom stereocenters. The minimum Gasteiger partial charge on any atom is -0.0912 e. The zero-order valence-corrected chi connectivity index (χ0v) is 13.2. The van der Waals surface area contributed by atoms with Crippen LogP contribution < -0.4 is 0 Å². The average molecular weight is 270 g/mol. The quantitative estimate of drug-likeness (QED) is 0.560. The molecule has 3 rings (SSSR count). The number of hydrogen-bond donors (Lipinski definition) is 0. The van der Waals surface area contributed by atoms with Gasteiger partial charge in [-0.3, -0.25) is 0 Å². The maximum atomic E-state index is 4.53. The fraction of sp³-hybridized carbons (Fsp3) is 0.700. The molecule has 0 aromatic rings. The summed E-state index contributed by atoms with van der Waals surface area (Å²) in [5.41, 5.74) is 4.67. The summed E-state index contributed by atoms with van der Waals surface area (Å²) in [6.07, 6.45) is 19.2. The molecule has 0 N–H and O–H groups in total. The molecule has 3 aliphatic carbocycles. The Morgan fingerprint density at radius 2 is 1.15 bits per heavy atom. The van der Waals surface area contributed by atoms with Gasteiger partial charge in [-0.2, -0.15) is 0 Å². The van der Waals surface area contributed by atoms with Crippen LogP contribution in [0.15, 0.2) is 35.5 Å². The van der Waals surface area contributed by atoms with Gasteiger partial charge in [0.1, 0.15) is 0 Å². The Kier molecular flexibility index (Phi) is 4.48. The molecule has 0 radical (unpaired) electrons. The van der Waals surface area contributed by atoms with Gasteiger partial charge in [-0.15, -0.1) is 0 Å². The monoisotopic (exact) mass is 270 g/mol. The van der Waals surface area contributed by atoms with Gasteiger partial charge in [-0.25, -0.2) is 0 Å². The summed E-state index contributed by atoms with van der Waals surface area (Å²) < 4.78 is 0. The lowest BCUT2D eigenvalue weighted by atomic mass is 9.71. The molecule has 0 spiro atoms. The highest BCUT2D eigenvalue weighted by atomic mass is 14.3. The third-order valence-electron chi connectivity index (χ3n) is 5.67. The van der Waals surface area contributed by atoms with Crippen LogP contribution in [0, 0.1) is 17.8 Å². The van der Waals surface area contributed by atoms with Crippen molar-refractivity contribution >= 4 is 0 Å². The number of rotatable bonds is 2. The van der Waals surface area contributed by atoms with Crippen molar-refractivity contribution in [2.24, 2.45) is 17.8 Å². The van der Waals surface area contributed by atoms with Crippen molar-refractivity contribution in [3.05, 3.63) is 35.5 Å². The molecule has 0 aliphatic heterocycles. The lowest BCUT2D eigenvalue weighted by molar-refractivity contribution is 0.389. The van der Waals surface area contributed by atoms with Crippen LogP contribution in [0.25, 0.3) is 0 Å². The van der Waals surface area contributed by atoms with Crippen LogP contribution in [0.2, 0.25) is 0 Å². The Hall–Kier alpha value is -0.780. The molecular formula is C20H30. The third kappa shape index (κ3) is 2.95. The predicted molar refractivity (Wildman–Crippen MR) is 87.6 cm³/mol. The molecule has 0 nitrogen and oxygen atoms in total. The van der Waals surface area contributed by atoms with Gasteiger partial charge in [0.2, 0.25) is 0 Å². The van der Waals surface area contributed by atoms with E-state index in [2.05, 4.69) is 25.7 Å². The van der Waals surface area contributed by atoms with Crippen LogP contribution in [-0.4, -0.2) is 0 Å². The molecule has 2 fully saturated rings. The molecule has 0 aromatic carbocycles. The van der Waals surface area contributed by atoms with Crippen LogP contribution in [0.4, 0.5) is 0 Å². The molecular weight excluding hydrogens is 240 g/mol.